The van der Waals surface area contributed by atoms with E-state index in [1.807, 2.05) is 37.3 Å². The largest absolute Gasteiger partial charge is 0.493 e. The zero-order chi connectivity index (χ0) is 22.5. The lowest BCUT2D eigenvalue weighted by atomic mass is 9.98. The molecule has 0 unspecified atom stereocenters. The van der Waals surface area contributed by atoms with Crippen molar-refractivity contribution in [3.63, 3.8) is 0 Å². The van der Waals surface area contributed by atoms with Crippen LogP contribution in [0.3, 0.4) is 0 Å². The first-order valence-electron chi connectivity index (χ1n) is 10.2. The number of anilines is 1. The highest BCUT2D eigenvalue weighted by Crippen LogP contribution is 2.35. The van der Waals surface area contributed by atoms with Gasteiger partial charge < -0.3 is 14.4 Å². The molecule has 1 aliphatic rings. The number of carbonyl (C=O) groups is 2. The fraction of sp³-hybridized carbons (Fsp3) is 0.318. The van der Waals surface area contributed by atoms with Crippen molar-refractivity contribution in [2.75, 3.05) is 32.1 Å². The summed E-state index contributed by atoms with van der Waals surface area (Å²) in [6.45, 7) is 2.85. The topological polar surface area (TPSA) is 107 Å². The minimum atomic E-state index is -0.304. The summed E-state index contributed by atoms with van der Waals surface area (Å²) in [6.07, 6.45) is 3.69. The normalized spacial score (nSPS) is 15.6. The van der Waals surface area contributed by atoms with Gasteiger partial charge in [-0.15, -0.1) is 10.2 Å². The number of carbonyl (C=O) groups excluding carboxylic acids is 2. The average Bonchev–Trinajstić information content (AvgIpc) is 3.41. The summed E-state index contributed by atoms with van der Waals surface area (Å²) in [5.74, 6) is 0.923. The first kappa shape index (κ1) is 21.7. The van der Waals surface area contributed by atoms with Crippen LogP contribution < -0.4 is 14.8 Å². The van der Waals surface area contributed by atoms with Crippen LogP contribution in [0.25, 0.3) is 10.6 Å². The van der Waals surface area contributed by atoms with Gasteiger partial charge in [-0.1, -0.05) is 17.4 Å². The Morgan fingerprint density at radius 1 is 1.22 bits per heavy atom. The molecule has 0 spiro atoms. The summed E-state index contributed by atoms with van der Waals surface area (Å²) >= 11 is 1.27. The number of nitrogens with one attached hydrogen (secondary N) is 1. The molecule has 1 aliphatic heterocycles. The summed E-state index contributed by atoms with van der Waals surface area (Å²) in [7, 11) is 1.59. The highest BCUT2D eigenvalue weighted by molar-refractivity contribution is 7.18. The first-order valence-corrected chi connectivity index (χ1v) is 11.0. The van der Waals surface area contributed by atoms with Crippen molar-refractivity contribution in [3.05, 3.63) is 48.3 Å². The van der Waals surface area contributed by atoms with Crippen molar-refractivity contribution in [1.82, 2.24) is 20.1 Å². The van der Waals surface area contributed by atoms with Gasteiger partial charge in [0.05, 0.1) is 20.3 Å². The van der Waals surface area contributed by atoms with Crippen molar-refractivity contribution >= 4 is 28.3 Å². The molecule has 1 aromatic carbocycles. The van der Waals surface area contributed by atoms with E-state index in [1.54, 1.807) is 24.4 Å². The van der Waals surface area contributed by atoms with Crippen LogP contribution in [0.5, 0.6) is 11.5 Å². The molecule has 1 N–H and O–H groups in total. The Balaban J connectivity index is 1.37. The Morgan fingerprint density at radius 2 is 2.03 bits per heavy atom. The van der Waals surface area contributed by atoms with Crippen LogP contribution >= 0.6 is 11.3 Å². The van der Waals surface area contributed by atoms with Gasteiger partial charge in [0.25, 0.3) is 0 Å². The highest BCUT2D eigenvalue weighted by Gasteiger charge is 2.32. The van der Waals surface area contributed by atoms with Crippen molar-refractivity contribution < 1.29 is 19.1 Å². The molecular formula is C22H23N5O4S. The summed E-state index contributed by atoms with van der Waals surface area (Å²) in [5.41, 5.74) is 1.86. The number of rotatable bonds is 8. The van der Waals surface area contributed by atoms with Crippen LogP contribution in [0, 0.1) is 0 Å². The second-order valence-corrected chi connectivity index (χ2v) is 8.19. The minimum absolute atomic E-state index is 0.0137. The molecule has 2 amide bonds. The molecule has 10 heteroatoms. The monoisotopic (exact) mass is 453 g/mol. The maximum atomic E-state index is 12.5. The number of ether oxygens (including phenoxy) is 2. The van der Waals surface area contributed by atoms with E-state index in [0.29, 0.717) is 41.2 Å². The van der Waals surface area contributed by atoms with Gasteiger partial charge in [-0.25, -0.2) is 0 Å². The van der Waals surface area contributed by atoms with Crippen LogP contribution in [0.4, 0.5) is 5.13 Å². The molecule has 1 saturated heterocycles. The van der Waals surface area contributed by atoms with Gasteiger partial charge in [-0.2, -0.15) is 0 Å². The van der Waals surface area contributed by atoms with Gasteiger partial charge >= 0.3 is 0 Å². The van der Waals surface area contributed by atoms with E-state index in [1.165, 1.54) is 11.3 Å². The summed E-state index contributed by atoms with van der Waals surface area (Å²) in [4.78, 5) is 30.6. The minimum Gasteiger partial charge on any atom is -0.493 e. The van der Waals surface area contributed by atoms with Crippen LogP contribution in [0.15, 0.2) is 42.7 Å². The molecule has 0 radical (unpaired) electrons. The lowest BCUT2D eigenvalue weighted by molar-refractivity contribution is -0.131. The van der Waals surface area contributed by atoms with E-state index >= 15 is 0 Å². The SMILES string of the molecule is CCOc1cc([C@@H]2CC(=O)N(CC(=O)Nc3nnc(-c4ccncc4)s3)C2)ccc1OC. The van der Waals surface area contributed by atoms with Gasteiger partial charge in [0.1, 0.15) is 5.01 Å². The van der Waals surface area contributed by atoms with Crippen molar-refractivity contribution in [3.8, 4) is 22.1 Å². The molecule has 9 nitrogen and oxygen atoms in total. The fourth-order valence-electron chi connectivity index (χ4n) is 3.58. The van der Waals surface area contributed by atoms with Gasteiger partial charge in [0, 0.05) is 36.8 Å². The van der Waals surface area contributed by atoms with Crippen molar-refractivity contribution in [2.45, 2.75) is 19.3 Å². The molecule has 3 aromatic rings. The molecule has 4 rings (SSSR count). The maximum absolute atomic E-state index is 12.5. The standard InChI is InChI=1S/C22H23N5O4S/c1-3-31-18-10-15(4-5-17(18)30-2)16-11-20(29)27(12-16)13-19(28)24-22-26-25-21(32-22)14-6-8-23-9-7-14/h4-10,16H,3,11-13H2,1-2H3,(H,24,26,28)/t16-/m1/s1. The van der Waals surface area contributed by atoms with E-state index in [9.17, 15) is 9.59 Å². The third-order valence-corrected chi connectivity index (χ3v) is 5.99. The van der Waals surface area contributed by atoms with E-state index in [2.05, 4.69) is 20.5 Å². The zero-order valence-electron chi connectivity index (χ0n) is 17.8. The molecule has 0 bridgehead atoms. The molecule has 1 fully saturated rings. The smallest absolute Gasteiger partial charge is 0.245 e. The summed E-state index contributed by atoms with van der Waals surface area (Å²) in [6, 6.07) is 9.34. The zero-order valence-corrected chi connectivity index (χ0v) is 18.6. The second kappa shape index (κ2) is 9.73. The van der Waals surface area contributed by atoms with Gasteiger partial charge in [-0.05, 0) is 36.8 Å². The summed E-state index contributed by atoms with van der Waals surface area (Å²) in [5, 5.41) is 11.9. The molecule has 0 aliphatic carbocycles. The van der Waals surface area contributed by atoms with E-state index < -0.39 is 0 Å². The molecule has 2 aromatic heterocycles. The Hall–Kier alpha value is -3.53. The lowest BCUT2D eigenvalue weighted by Crippen LogP contribution is -2.34. The number of methoxy groups -OCH3 is 1. The number of hydrogen-bond donors (Lipinski definition) is 1. The molecule has 32 heavy (non-hydrogen) atoms. The number of nitrogens with zero attached hydrogens (tertiary/aromatic N) is 4. The quantitative estimate of drug-likeness (QED) is 0.559. The summed E-state index contributed by atoms with van der Waals surface area (Å²) < 4.78 is 11.0. The van der Waals surface area contributed by atoms with E-state index in [4.69, 9.17) is 9.47 Å². The van der Waals surface area contributed by atoms with Crippen LogP contribution in [-0.2, 0) is 9.59 Å². The molecule has 0 saturated carbocycles. The highest BCUT2D eigenvalue weighted by atomic mass is 32.1. The van der Waals surface area contributed by atoms with Gasteiger partial charge in [0.2, 0.25) is 16.9 Å². The van der Waals surface area contributed by atoms with Crippen molar-refractivity contribution in [2.24, 2.45) is 0 Å². The molecule has 1 atom stereocenters. The first-order chi connectivity index (χ1) is 15.6. The predicted molar refractivity (Wildman–Crippen MR) is 120 cm³/mol. The Kier molecular flexibility index (Phi) is 6.60. The van der Waals surface area contributed by atoms with E-state index in [-0.39, 0.29) is 24.3 Å². The van der Waals surface area contributed by atoms with Crippen LogP contribution in [0.1, 0.15) is 24.8 Å². The Bertz CT molecular complexity index is 1100. The predicted octanol–water partition coefficient (Wildman–Crippen LogP) is 2.96. The average molecular weight is 454 g/mol. The van der Waals surface area contributed by atoms with Crippen LogP contribution in [-0.4, -0.2) is 58.7 Å². The number of benzene rings is 1. The Morgan fingerprint density at radius 3 is 2.78 bits per heavy atom. The second-order valence-electron chi connectivity index (χ2n) is 7.22. The van der Waals surface area contributed by atoms with Gasteiger partial charge in [-0.3, -0.25) is 19.9 Å². The number of amides is 2. The molecule has 3 heterocycles. The van der Waals surface area contributed by atoms with Crippen LogP contribution in [0.2, 0.25) is 0 Å². The number of likely N-dealkylation sites (tertiary alicyclic amines) is 1. The molecule has 166 valence electrons. The molecular weight excluding hydrogens is 430 g/mol. The Labute approximate surface area is 189 Å². The fourth-order valence-corrected chi connectivity index (χ4v) is 4.35. The third kappa shape index (κ3) is 4.86. The number of pyridine rings is 1. The third-order valence-electron chi connectivity index (χ3n) is 5.11. The van der Waals surface area contributed by atoms with Gasteiger partial charge in [0.15, 0.2) is 11.5 Å². The lowest BCUT2D eigenvalue weighted by Gasteiger charge is -2.17. The maximum Gasteiger partial charge on any atom is 0.245 e. The number of hydrogen-bond acceptors (Lipinski definition) is 8. The number of aromatic nitrogens is 3. The van der Waals surface area contributed by atoms with E-state index in [0.717, 1.165) is 11.1 Å². The van der Waals surface area contributed by atoms with Crippen molar-refractivity contribution in [1.29, 1.82) is 0 Å².